The Morgan fingerprint density at radius 3 is 1.60 bits per heavy atom. The molecule has 0 N–H and O–H groups in total. The van der Waals surface area contributed by atoms with E-state index in [0.717, 1.165) is 55.2 Å². The summed E-state index contributed by atoms with van der Waals surface area (Å²) in [7, 11) is 0. The van der Waals surface area contributed by atoms with Crippen molar-refractivity contribution in [3.63, 3.8) is 0 Å². The first-order valence-electron chi connectivity index (χ1n) is 18.6. The summed E-state index contributed by atoms with van der Waals surface area (Å²) in [6.07, 6.45) is 6.55. The highest BCUT2D eigenvalue weighted by molar-refractivity contribution is 6.36. The topological polar surface area (TPSA) is 116 Å². The third-order valence-electron chi connectivity index (χ3n) is 10.8. The van der Waals surface area contributed by atoms with E-state index < -0.39 is 11.8 Å². The first-order chi connectivity index (χ1) is 28.5. The summed E-state index contributed by atoms with van der Waals surface area (Å²) < 4.78 is 2.02. The number of nitriles is 2. The van der Waals surface area contributed by atoms with E-state index >= 15 is 0 Å². The van der Waals surface area contributed by atoms with Crippen LogP contribution < -0.4 is 4.90 Å². The normalized spacial score (nSPS) is 12.1. The number of benzene rings is 6. The van der Waals surface area contributed by atoms with E-state index in [4.69, 9.17) is 0 Å². The summed E-state index contributed by atoms with van der Waals surface area (Å²) in [6, 6.07) is 50.8. The zero-order valence-corrected chi connectivity index (χ0v) is 30.7. The van der Waals surface area contributed by atoms with Gasteiger partial charge in [0.05, 0.1) is 56.8 Å². The predicted octanol–water partition coefficient (Wildman–Crippen LogP) is 10.8. The molecular weight excluding hydrogens is 717 g/mol. The maximum absolute atomic E-state index is 15.0. The highest BCUT2D eigenvalue weighted by Crippen LogP contribution is 2.43. The monoisotopic (exact) mass is 744 g/mol. The fourth-order valence-corrected chi connectivity index (χ4v) is 8.12. The standard InChI is InChI=1S/C50H28N6O2/c51-27-36-20-22-53-29-42(36)34-15-18-45-40(25-34)41-26-35(43-30-54-23-21-37(43)28-52)16-19-46(41)55(45)47-13-7-12-38-48(47)50(58)56(49(38)57)44-17-14-33(31-8-3-1-4-9-31)24-39(44)32-10-5-2-6-11-32/h1-26,29-30H. The summed E-state index contributed by atoms with van der Waals surface area (Å²) in [6.45, 7) is 0. The van der Waals surface area contributed by atoms with E-state index in [2.05, 4.69) is 22.1 Å². The highest BCUT2D eigenvalue weighted by Gasteiger charge is 2.40. The molecule has 270 valence electrons. The minimum atomic E-state index is -0.425. The van der Waals surface area contributed by atoms with Crippen LogP contribution in [0.15, 0.2) is 170 Å². The van der Waals surface area contributed by atoms with Gasteiger partial charge in [-0.2, -0.15) is 10.5 Å². The molecule has 0 spiro atoms. The van der Waals surface area contributed by atoms with Crippen molar-refractivity contribution in [1.82, 2.24) is 14.5 Å². The van der Waals surface area contributed by atoms with Crippen molar-refractivity contribution >= 4 is 39.3 Å². The van der Waals surface area contributed by atoms with Crippen molar-refractivity contribution in [3.8, 4) is 62.3 Å². The van der Waals surface area contributed by atoms with E-state index in [0.29, 0.717) is 44.8 Å². The number of hydrogen-bond donors (Lipinski definition) is 0. The summed E-state index contributed by atoms with van der Waals surface area (Å²) in [5, 5.41) is 21.6. The number of carbonyl (C=O) groups is 2. The quantitative estimate of drug-likeness (QED) is 0.157. The number of pyridine rings is 2. The van der Waals surface area contributed by atoms with Crippen LogP contribution in [0.1, 0.15) is 31.8 Å². The van der Waals surface area contributed by atoms with Crippen LogP contribution in [0.3, 0.4) is 0 Å². The Hall–Kier alpha value is -8.46. The van der Waals surface area contributed by atoms with Crippen LogP contribution in [0.4, 0.5) is 5.69 Å². The second kappa shape index (κ2) is 13.7. The lowest BCUT2D eigenvalue weighted by atomic mass is 9.97. The van der Waals surface area contributed by atoms with Gasteiger partial charge >= 0.3 is 0 Å². The second-order valence-corrected chi connectivity index (χ2v) is 14.0. The van der Waals surface area contributed by atoms with Gasteiger partial charge < -0.3 is 4.57 Å². The highest BCUT2D eigenvalue weighted by atomic mass is 16.2. The Bertz CT molecular complexity index is 3130. The molecule has 9 aromatic rings. The van der Waals surface area contributed by atoms with Crippen molar-refractivity contribution in [3.05, 3.63) is 193 Å². The fraction of sp³-hybridized carbons (Fsp3) is 0. The van der Waals surface area contributed by atoms with Crippen LogP contribution in [0.5, 0.6) is 0 Å². The number of rotatable bonds is 6. The summed E-state index contributed by atoms with van der Waals surface area (Å²) >= 11 is 0. The van der Waals surface area contributed by atoms with Crippen molar-refractivity contribution in [1.29, 1.82) is 10.5 Å². The molecule has 2 amide bonds. The van der Waals surface area contributed by atoms with Gasteiger partial charge in [0.2, 0.25) is 0 Å². The van der Waals surface area contributed by atoms with Crippen LogP contribution in [0.25, 0.3) is 72.0 Å². The van der Waals surface area contributed by atoms with E-state index in [1.54, 1.807) is 43.0 Å². The smallest absolute Gasteiger partial charge is 0.268 e. The third-order valence-corrected chi connectivity index (χ3v) is 10.8. The van der Waals surface area contributed by atoms with Crippen LogP contribution in [0, 0.1) is 22.7 Å². The fourth-order valence-electron chi connectivity index (χ4n) is 8.12. The molecule has 3 aromatic heterocycles. The molecule has 1 aliphatic heterocycles. The first kappa shape index (κ1) is 34.1. The number of anilines is 1. The number of imide groups is 1. The molecule has 0 unspecified atom stereocenters. The summed E-state index contributed by atoms with van der Waals surface area (Å²) in [5.74, 6) is -0.829. The number of carbonyl (C=O) groups excluding carboxylic acids is 2. The predicted molar refractivity (Wildman–Crippen MR) is 225 cm³/mol. The number of nitrogens with zero attached hydrogens (tertiary/aromatic N) is 6. The molecular formula is C50H28N6O2. The largest absolute Gasteiger partial charge is 0.308 e. The summed E-state index contributed by atoms with van der Waals surface area (Å²) in [4.78, 5) is 39.4. The van der Waals surface area contributed by atoms with Crippen LogP contribution in [-0.2, 0) is 0 Å². The Labute approximate surface area is 332 Å². The molecule has 0 radical (unpaired) electrons. The molecule has 0 saturated heterocycles. The SMILES string of the molecule is N#Cc1ccncc1-c1ccc2c(c1)c1cc(-c3cnccc3C#N)ccc1n2-c1cccc2c1C(=O)N(c1ccc(-c3ccccc3)cc1-c1ccccc1)C2=O. The van der Waals surface area contributed by atoms with Crippen molar-refractivity contribution in [2.75, 3.05) is 4.90 Å². The molecule has 0 atom stereocenters. The average Bonchev–Trinajstić information content (AvgIpc) is 3.75. The zero-order chi connectivity index (χ0) is 39.3. The minimum Gasteiger partial charge on any atom is -0.308 e. The molecule has 6 aromatic carbocycles. The maximum Gasteiger partial charge on any atom is 0.268 e. The van der Waals surface area contributed by atoms with Gasteiger partial charge in [0.1, 0.15) is 0 Å². The Kier molecular flexibility index (Phi) is 8.04. The Balaban J connectivity index is 1.18. The number of hydrogen-bond acceptors (Lipinski definition) is 6. The molecule has 8 heteroatoms. The van der Waals surface area contributed by atoms with Crippen molar-refractivity contribution < 1.29 is 9.59 Å². The molecule has 4 heterocycles. The van der Waals surface area contributed by atoms with Gasteiger partial charge in [-0.1, -0.05) is 84.9 Å². The van der Waals surface area contributed by atoms with Crippen LogP contribution in [0.2, 0.25) is 0 Å². The van der Waals surface area contributed by atoms with Gasteiger partial charge in [-0.3, -0.25) is 19.6 Å². The lowest BCUT2D eigenvalue weighted by Gasteiger charge is -2.20. The number of aromatic nitrogens is 3. The maximum atomic E-state index is 15.0. The molecule has 58 heavy (non-hydrogen) atoms. The Morgan fingerprint density at radius 2 is 1.02 bits per heavy atom. The van der Waals surface area contributed by atoms with E-state index in [-0.39, 0.29) is 0 Å². The number of fused-ring (bicyclic) bond motifs is 4. The zero-order valence-electron chi connectivity index (χ0n) is 30.7. The van der Waals surface area contributed by atoms with Gasteiger partial charge in [-0.15, -0.1) is 0 Å². The van der Waals surface area contributed by atoms with E-state index in [1.807, 2.05) is 132 Å². The molecule has 1 aliphatic rings. The minimum absolute atomic E-state index is 0.295. The first-order valence-corrected chi connectivity index (χ1v) is 18.6. The molecule has 0 bridgehead atoms. The van der Waals surface area contributed by atoms with Gasteiger partial charge in [0.15, 0.2) is 0 Å². The molecule has 0 aliphatic carbocycles. The molecule has 0 saturated carbocycles. The van der Waals surface area contributed by atoms with E-state index in [9.17, 15) is 20.1 Å². The lowest BCUT2D eigenvalue weighted by Crippen LogP contribution is -2.30. The van der Waals surface area contributed by atoms with Gasteiger partial charge in [0.25, 0.3) is 11.8 Å². The molecule has 8 nitrogen and oxygen atoms in total. The molecule has 10 rings (SSSR count). The second-order valence-electron chi connectivity index (χ2n) is 14.0. The van der Waals surface area contributed by atoms with Crippen molar-refractivity contribution in [2.45, 2.75) is 0 Å². The Morgan fingerprint density at radius 1 is 0.448 bits per heavy atom. The average molecular weight is 745 g/mol. The van der Waals surface area contributed by atoms with E-state index in [1.165, 1.54) is 4.90 Å². The van der Waals surface area contributed by atoms with Gasteiger partial charge in [-0.05, 0) is 88.5 Å². The van der Waals surface area contributed by atoms with Gasteiger partial charge in [-0.25, -0.2) is 4.90 Å². The van der Waals surface area contributed by atoms with Crippen LogP contribution >= 0.6 is 0 Å². The number of amides is 2. The molecule has 0 fully saturated rings. The lowest BCUT2D eigenvalue weighted by molar-refractivity contribution is 0.0926. The van der Waals surface area contributed by atoms with Crippen molar-refractivity contribution in [2.24, 2.45) is 0 Å². The third kappa shape index (κ3) is 5.36. The van der Waals surface area contributed by atoms with Gasteiger partial charge in [0, 0.05) is 52.3 Å². The summed E-state index contributed by atoms with van der Waals surface area (Å²) in [5.41, 5.74) is 10.8. The van der Waals surface area contributed by atoms with Crippen LogP contribution in [-0.4, -0.2) is 26.3 Å².